The van der Waals surface area contributed by atoms with Crippen LogP contribution in [-0.4, -0.2) is 78.2 Å². The van der Waals surface area contributed by atoms with Gasteiger partial charge >= 0.3 is 5.97 Å². The number of fused-ring (bicyclic) bond motifs is 1. The van der Waals surface area contributed by atoms with Gasteiger partial charge in [-0.25, -0.2) is 15.0 Å². The number of rotatable bonds is 7. The summed E-state index contributed by atoms with van der Waals surface area (Å²) < 4.78 is 12.6. The van der Waals surface area contributed by atoms with E-state index in [1.54, 1.807) is 18.7 Å². The van der Waals surface area contributed by atoms with Crippen LogP contribution >= 0.6 is 11.8 Å². The van der Waals surface area contributed by atoms with Crippen LogP contribution in [0.2, 0.25) is 0 Å². The largest absolute Gasteiger partial charge is 0.459 e. The van der Waals surface area contributed by atoms with E-state index in [1.807, 2.05) is 6.26 Å². The molecule has 0 unspecified atom stereocenters. The zero-order valence-electron chi connectivity index (χ0n) is 15.5. The van der Waals surface area contributed by atoms with Gasteiger partial charge in [0.05, 0.1) is 6.33 Å². The molecule has 0 spiro atoms. The van der Waals surface area contributed by atoms with E-state index < -0.39 is 42.7 Å². The number of nitrogens with zero attached hydrogens (tertiary/aromatic N) is 4. The Morgan fingerprint density at radius 3 is 2.86 bits per heavy atom. The van der Waals surface area contributed by atoms with Crippen molar-refractivity contribution in [3.63, 3.8) is 0 Å². The van der Waals surface area contributed by atoms with Gasteiger partial charge in [0, 0.05) is 0 Å². The molecule has 0 amide bonds. The van der Waals surface area contributed by atoms with Crippen LogP contribution in [0.25, 0.3) is 11.2 Å². The minimum atomic E-state index is -1.29. The number of nitrogens with two attached hydrogens (primary N) is 2. The van der Waals surface area contributed by atoms with Gasteiger partial charge in [-0.3, -0.25) is 9.36 Å². The highest BCUT2D eigenvalue weighted by atomic mass is 32.2. The number of hydrogen-bond acceptors (Lipinski definition) is 11. The third kappa shape index (κ3) is 3.91. The van der Waals surface area contributed by atoms with Crippen LogP contribution in [0.4, 0.5) is 5.82 Å². The van der Waals surface area contributed by atoms with Gasteiger partial charge in [0.15, 0.2) is 17.7 Å². The molecule has 2 aromatic heterocycles. The van der Waals surface area contributed by atoms with Crippen LogP contribution in [0.15, 0.2) is 12.7 Å². The lowest BCUT2D eigenvalue weighted by molar-refractivity contribution is -0.161. The van der Waals surface area contributed by atoms with Gasteiger partial charge in [-0.15, -0.1) is 0 Å². The first-order valence-electron chi connectivity index (χ1n) is 8.74. The van der Waals surface area contributed by atoms with Crippen molar-refractivity contribution in [1.82, 2.24) is 19.5 Å². The first kappa shape index (κ1) is 20.7. The summed E-state index contributed by atoms with van der Waals surface area (Å²) in [6.07, 6.45) is -0.260. The summed E-state index contributed by atoms with van der Waals surface area (Å²) in [5.74, 6) is 0.339. The summed E-state index contributed by atoms with van der Waals surface area (Å²) >= 11 is 1.58. The van der Waals surface area contributed by atoms with Gasteiger partial charge < -0.3 is 31.2 Å². The molecular formula is C16H24N6O5S. The summed E-state index contributed by atoms with van der Waals surface area (Å²) in [4.78, 5) is 24.2. The van der Waals surface area contributed by atoms with Crippen molar-refractivity contribution >= 4 is 34.7 Å². The van der Waals surface area contributed by atoms with Crippen LogP contribution in [0.5, 0.6) is 0 Å². The maximum atomic E-state index is 12.1. The lowest BCUT2D eigenvalue weighted by Gasteiger charge is -2.23. The van der Waals surface area contributed by atoms with Crippen molar-refractivity contribution in [2.24, 2.45) is 5.73 Å². The van der Waals surface area contributed by atoms with E-state index in [0.29, 0.717) is 17.6 Å². The number of thioether (sulfide) groups is 1. The molecule has 0 bridgehead atoms. The lowest BCUT2D eigenvalue weighted by atomic mass is 10.1. The number of ether oxygens (including phenoxy) is 2. The second kappa shape index (κ2) is 8.57. The summed E-state index contributed by atoms with van der Waals surface area (Å²) in [6, 6.07) is -0.758. The van der Waals surface area contributed by atoms with E-state index >= 15 is 0 Å². The first-order valence-corrected chi connectivity index (χ1v) is 10.1. The van der Waals surface area contributed by atoms with Gasteiger partial charge in [-0.2, -0.15) is 11.8 Å². The second-order valence-corrected chi connectivity index (χ2v) is 7.57. The fourth-order valence-electron chi connectivity index (χ4n) is 3.06. The van der Waals surface area contributed by atoms with Crippen molar-refractivity contribution in [2.45, 2.75) is 50.0 Å². The molecule has 6 N–H and O–H groups in total. The predicted octanol–water partition coefficient (Wildman–Crippen LogP) is -0.960. The van der Waals surface area contributed by atoms with Crippen LogP contribution in [-0.2, 0) is 14.3 Å². The number of carbonyl (C=O) groups is 1. The van der Waals surface area contributed by atoms with Gasteiger partial charge in [0.1, 0.15) is 42.3 Å². The fourth-order valence-corrected chi connectivity index (χ4v) is 3.55. The third-order valence-electron chi connectivity index (χ3n) is 4.64. The number of aliphatic hydroxyl groups excluding tert-OH is 2. The number of esters is 1. The molecule has 0 radical (unpaired) electrons. The van der Waals surface area contributed by atoms with Crippen molar-refractivity contribution < 1.29 is 24.5 Å². The molecule has 3 rings (SSSR count). The predicted molar refractivity (Wildman–Crippen MR) is 102 cm³/mol. The van der Waals surface area contributed by atoms with Gasteiger partial charge in [-0.05, 0) is 25.4 Å². The number of aliphatic hydroxyl groups is 2. The minimum absolute atomic E-state index is 0.190. The van der Waals surface area contributed by atoms with Crippen molar-refractivity contribution in [3.8, 4) is 0 Å². The third-order valence-corrected chi connectivity index (χ3v) is 5.28. The zero-order chi connectivity index (χ0) is 20.4. The molecule has 1 saturated heterocycles. The highest BCUT2D eigenvalue weighted by Crippen LogP contribution is 2.34. The van der Waals surface area contributed by atoms with E-state index in [9.17, 15) is 15.0 Å². The van der Waals surface area contributed by atoms with E-state index in [-0.39, 0.29) is 5.82 Å². The topological polar surface area (TPSA) is 172 Å². The quantitative estimate of drug-likeness (QED) is 0.413. The molecule has 0 aliphatic carbocycles. The Balaban J connectivity index is 1.73. The summed E-state index contributed by atoms with van der Waals surface area (Å²) in [6.45, 7) is 1.58. The number of anilines is 1. The highest BCUT2D eigenvalue weighted by Gasteiger charge is 2.47. The Morgan fingerprint density at radius 1 is 1.39 bits per heavy atom. The smallest absolute Gasteiger partial charge is 0.323 e. The van der Waals surface area contributed by atoms with Crippen LogP contribution in [0, 0.1) is 0 Å². The average molecular weight is 412 g/mol. The molecule has 1 aliphatic rings. The number of carbonyl (C=O) groups excluding carboxylic acids is 1. The number of aromatic nitrogens is 4. The SMILES string of the molecule is CSCC[C@H](N)C(=O)O[C@@H](C)[C@H]1O[C@@H](n2cnc3c(N)ncnc32)[C@H](O)[C@@H]1O. The molecule has 2 aromatic rings. The molecule has 0 aromatic carbocycles. The van der Waals surface area contributed by atoms with Crippen LogP contribution in [0.1, 0.15) is 19.6 Å². The Morgan fingerprint density at radius 2 is 2.14 bits per heavy atom. The Labute approximate surface area is 165 Å². The van der Waals surface area contributed by atoms with Crippen molar-refractivity contribution in [2.75, 3.05) is 17.7 Å². The molecule has 3 heterocycles. The molecule has 154 valence electrons. The Hall–Kier alpha value is -1.99. The lowest BCUT2D eigenvalue weighted by Crippen LogP contribution is -2.42. The number of hydrogen-bond donors (Lipinski definition) is 4. The molecule has 1 fully saturated rings. The van der Waals surface area contributed by atoms with Gasteiger partial charge in [0.2, 0.25) is 0 Å². The van der Waals surface area contributed by atoms with E-state index in [0.717, 1.165) is 5.75 Å². The fraction of sp³-hybridized carbons (Fsp3) is 0.625. The zero-order valence-corrected chi connectivity index (χ0v) is 16.3. The highest BCUT2D eigenvalue weighted by molar-refractivity contribution is 7.98. The number of imidazole rings is 1. The standard InChI is InChI=1S/C16H24N6O5S/c1-7(26-16(25)8(17)3-4-28-2)12-10(23)11(24)15(27-12)22-6-21-9-13(18)19-5-20-14(9)22/h5-8,10-12,15,23-24H,3-4,17H2,1-2H3,(H2,18,19,20)/t7-,8-,10-,11+,12+,15+/m0/s1. The molecule has 11 nitrogen and oxygen atoms in total. The first-order chi connectivity index (χ1) is 13.3. The monoisotopic (exact) mass is 412 g/mol. The van der Waals surface area contributed by atoms with E-state index in [4.69, 9.17) is 20.9 Å². The second-order valence-electron chi connectivity index (χ2n) is 6.59. The maximum Gasteiger partial charge on any atom is 0.323 e. The van der Waals surface area contributed by atoms with Crippen molar-refractivity contribution in [3.05, 3.63) is 12.7 Å². The summed E-state index contributed by atoms with van der Waals surface area (Å²) in [7, 11) is 0. The van der Waals surface area contributed by atoms with Gasteiger partial charge in [0.25, 0.3) is 0 Å². The molecule has 0 saturated carbocycles. The summed E-state index contributed by atoms with van der Waals surface area (Å²) in [5.41, 5.74) is 12.3. The normalized spacial score (nSPS) is 27.0. The minimum Gasteiger partial charge on any atom is -0.459 e. The van der Waals surface area contributed by atoms with E-state index in [2.05, 4.69) is 15.0 Å². The van der Waals surface area contributed by atoms with E-state index in [1.165, 1.54) is 17.2 Å². The molecular weight excluding hydrogens is 388 g/mol. The number of nitrogen functional groups attached to an aromatic ring is 1. The van der Waals surface area contributed by atoms with Crippen molar-refractivity contribution in [1.29, 1.82) is 0 Å². The van der Waals surface area contributed by atoms with Crippen LogP contribution < -0.4 is 11.5 Å². The average Bonchev–Trinajstić information content (AvgIpc) is 3.22. The Kier molecular flexibility index (Phi) is 6.35. The molecule has 12 heteroatoms. The summed E-state index contributed by atoms with van der Waals surface area (Å²) in [5, 5.41) is 20.9. The Bertz CT molecular complexity index is 835. The maximum absolute atomic E-state index is 12.1. The molecule has 28 heavy (non-hydrogen) atoms. The van der Waals surface area contributed by atoms with Gasteiger partial charge in [-0.1, -0.05) is 0 Å². The molecule has 6 atom stereocenters. The van der Waals surface area contributed by atoms with Crippen LogP contribution in [0.3, 0.4) is 0 Å². The molecule has 1 aliphatic heterocycles.